The highest BCUT2D eigenvalue weighted by Crippen LogP contribution is 2.17. The van der Waals surface area contributed by atoms with Gasteiger partial charge in [-0.3, -0.25) is 4.79 Å². The second-order valence-electron chi connectivity index (χ2n) is 6.56. The molecule has 0 saturated carbocycles. The van der Waals surface area contributed by atoms with Gasteiger partial charge in [0.05, 0.1) is 18.8 Å². The van der Waals surface area contributed by atoms with Gasteiger partial charge in [0.2, 0.25) is 5.91 Å². The molecule has 1 aromatic carbocycles. The molecule has 4 heteroatoms. The van der Waals surface area contributed by atoms with Crippen LogP contribution in [0.15, 0.2) is 30.3 Å². The lowest BCUT2D eigenvalue weighted by atomic mass is 10.0. The molecule has 122 valence electrons. The van der Waals surface area contributed by atoms with E-state index in [2.05, 4.69) is 26.0 Å². The summed E-state index contributed by atoms with van der Waals surface area (Å²) in [6, 6.07) is 9.84. The average Bonchev–Trinajstić information content (AvgIpc) is 2.53. The van der Waals surface area contributed by atoms with Crippen molar-refractivity contribution in [1.82, 2.24) is 4.90 Å². The second-order valence-corrected chi connectivity index (χ2v) is 6.56. The lowest BCUT2D eigenvalue weighted by Crippen LogP contribution is -2.48. The highest BCUT2D eigenvalue weighted by atomic mass is 16.5. The van der Waals surface area contributed by atoms with Crippen LogP contribution in [-0.2, 0) is 16.1 Å². The molecule has 0 aliphatic carbocycles. The Hall–Kier alpha value is -1.39. The Bertz CT molecular complexity index is 453. The fraction of sp³-hybridized carbons (Fsp3) is 0.611. The summed E-state index contributed by atoms with van der Waals surface area (Å²) in [4.78, 5) is 14.2. The predicted molar refractivity (Wildman–Crippen MR) is 88.3 cm³/mol. The number of hydrogen-bond acceptors (Lipinski definition) is 3. The number of nitrogens with zero attached hydrogens (tertiary/aromatic N) is 1. The molecular weight excluding hydrogens is 276 g/mol. The minimum Gasteiger partial charge on any atom is -0.373 e. The number of carbonyl (C=O) groups excluding carboxylic acids is 1. The Labute approximate surface area is 133 Å². The van der Waals surface area contributed by atoms with Crippen molar-refractivity contribution in [3.8, 4) is 0 Å². The van der Waals surface area contributed by atoms with E-state index in [0.717, 1.165) is 32.4 Å². The standard InChI is InChI=1S/C18H28N2O2/c1-14(2)12-17(19)18(21)20-10-8-16(9-11-20)22-13-15-6-4-3-5-7-15/h3-7,14,16-17H,8-13,19H2,1-2H3/t17-/m0/s1. The maximum atomic E-state index is 12.3. The fourth-order valence-electron chi connectivity index (χ4n) is 2.87. The van der Waals surface area contributed by atoms with Crippen LogP contribution in [0.5, 0.6) is 0 Å². The summed E-state index contributed by atoms with van der Waals surface area (Å²) in [6.07, 6.45) is 2.79. The first-order chi connectivity index (χ1) is 10.6. The third kappa shape index (κ3) is 5.11. The first-order valence-electron chi connectivity index (χ1n) is 8.26. The molecule has 1 fully saturated rings. The van der Waals surface area contributed by atoms with Gasteiger partial charge in [0.25, 0.3) is 0 Å². The Kier molecular flexibility index (Phi) is 6.40. The van der Waals surface area contributed by atoms with Crippen LogP contribution < -0.4 is 5.73 Å². The summed E-state index contributed by atoms with van der Waals surface area (Å²) in [5, 5.41) is 0. The molecule has 1 saturated heterocycles. The predicted octanol–water partition coefficient (Wildman–Crippen LogP) is 2.57. The molecule has 22 heavy (non-hydrogen) atoms. The summed E-state index contributed by atoms with van der Waals surface area (Å²) in [5.74, 6) is 0.543. The Morgan fingerprint density at radius 3 is 2.50 bits per heavy atom. The van der Waals surface area contributed by atoms with Crippen molar-refractivity contribution in [2.24, 2.45) is 11.7 Å². The van der Waals surface area contributed by atoms with Gasteiger partial charge < -0.3 is 15.4 Å². The summed E-state index contributed by atoms with van der Waals surface area (Å²) >= 11 is 0. The lowest BCUT2D eigenvalue weighted by Gasteiger charge is -2.33. The number of hydrogen-bond donors (Lipinski definition) is 1. The Morgan fingerprint density at radius 2 is 1.91 bits per heavy atom. The quantitative estimate of drug-likeness (QED) is 0.879. The zero-order valence-corrected chi connectivity index (χ0v) is 13.7. The molecule has 1 heterocycles. The average molecular weight is 304 g/mol. The van der Waals surface area contributed by atoms with Gasteiger partial charge >= 0.3 is 0 Å². The topological polar surface area (TPSA) is 55.6 Å². The number of likely N-dealkylation sites (tertiary alicyclic amines) is 1. The maximum Gasteiger partial charge on any atom is 0.239 e. The molecule has 2 N–H and O–H groups in total. The number of amides is 1. The van der Waals surface area contributed by atoms with E-state index in [1.807, 2.05) is 23.1 Å². The van der Waals surface area contributed by atoms with Crippen LogP contribution in [0.4, 0.5) is 0 Å². The van der Waals surface area contributed by atoms with Gasteiger partial charge in [-0.15, -0.1) is 0 Å². The zero-order chi connectivity index (χ0) is 15.9. The number of benzene rings is 1. The van der Waals surface area contributed by atoms with Crippen LogP contribution in [0.3, 0.4) is 0 Å². The minimum atomic E-state index is -0.359. The van der Waals surface area contributed by atoms with Crippen molar-refractivity contribution >= 4 is 5.91 Å². The van der Waals surface area contributed by atoms with E-state index in [9.17, 15) is 4.79 Å². The van der Waals surface area contributed by atoms with Crippen molar-refractivity contribution in [2.45, 2.75) is 51.9 Å². The number of ether oxygens (including phenoxy) is 1. The van der Waals surface area contributed by atoms with E-state index in [1.165, 1.54) is 5.56 Å². The van der Waals surface area contributed by atoms with E-state index >= 15 is 0 Å². The molecule has 1 aliphatic rings. The smallest absolute Gasteiger partial charge is 0.239 e. The summed E-state index contributed by atoms with van der Waals surface area (Å²) in [7, 11) is 0. The normalized spacial score (nSPS) is 17.7. The molecule has 1 aromatic rings. The van der Waals surface area contributed by atoms with Crippen molar-refractivity contribution in [1.29, 1.82) is 0 Å². The highest BCUT2D eigenvalue weighted by molar-refractivity contribution is 5.81. The molecule has 1 atom stereocenters. The van der Waals surface area contributed by atoms with E-state index in [1.54, 1.807) is 0 Å². The third-order valence-corrected chi connectivity index (χ3v) is 4.12. The number of carbonyl (C=O) groups is 1. The fourth-order valence-corrected chi connectivity index (χ4v) is 2.87. The van der Waals surface area contributed by atoms with Gasteiger partial charge in [0, 0.05) is 13.1 Å². The van der Waals surface area contributed by atoms with Crippen LogP contribution >= 0.6 is 0 Å². The first-order valence-corrected chi connectivity index (χ1v) is 8.26. The second kappa shape index (κ2) is 8.30. The molecule has 1 aliphatic heterocycles. The van der Waals surface area contributed by atoms with Gasteiger partial charge in [-0.2, -0.15) is 0 Å². The van der Waals surface area contributed by atoms with Crippen molar-refractivity contribution < 1.29 is 9.53 Å². The molecule has 2 rings (SSSR count). The van der Waals surface area contributed by atoms with Crippen LogP contribution in [0.2, 0.25) is 0 Å². The molecule has 0 unspecified atom stereocenters. The third-order valence-electron chi connectivity index (χ3n) is 4.12. The van der Waals surface area contributed by atoms with Crippen molar-refractivity contribution in [3.63, 3.8) is 0 Å². The summed E-state index contributed by atoms with van der Waals surface area (Å²) in [5.41, 5.74) is 7.19. The van der Waals surface area contributed by atoms with Crippen LogP contribution in [0, 0.1) is 5.92 Å². The summed E-state index contributed by atoms with van der Waals surface area (Å²) in [6.45, 7) is 6.34. The Balaban J connectivity index is 1.72. The van der Waals surface area contributed by atoms with E-state index in [-0.39, 0.29) is 18.1 Å². The van der Waals surface area contributed by atoms with Crippen LogP contribution in [0.1, 0.15) is 38.7 Å². The van der Waals surface area contributed by atoms with E-state index < -0.39 is 0 Å². The molecule has 0 spiro atoms. The molecular formula is C18H28N2O2. The monoisotopic (exact) mass is 304 g/mol. The first kappa shape index (κ1) is 17.0. The van der Waals surface area contributed by atoms with Gasteiger partial charge in [-0.1, -0.05) is 44.2 Å². The molecule has 1 amide bonds. The largest absolute Gasteiger partial charge is 0.373 e. The van der Waals surface area contributed by atoms with Gasteiger partial charge in [-0.05, 0) is 30.7 Å². The number of rotatable bonds is 6. The minimum absolute atomic E-state index is 0.0928. The van der Waals surface area contributed by atoms with Gasteiger partial charge in [0.15, 0.2) is 0 Å². The molecule has 0 radical (unpaired) electrons. The van der Waals surface area contributed by atoms with E-state index in [0.29, 0.717) is 12.5 Å². The van der Waals surface area contributed by atoms with Gasteiger partial charge in [0.1, 0.15) is 0 Å². The van der Waals surface area contributed by atoms with Gasteiger partial charge in [-0.25, -0.2) is 0 Å². The molecule has 4 nitrogen and oxygen atoms in total. The highest BCUT2D eigenvalue weighted by Gasteiger charge is 2.26. The maximum absolute atomic E-state index is 12.3. The Morgan fingerprint density at radius 1 is 1.27 bits per heavy atom. The summed E-state index contributed by atoms with van der Waals surface area (Å²) < 4.78 is 5.95. The lowest BCUT2D eigenvalue weighted by molar-refractivity contribution is -0.135. The SMILES string of the molecule is CC(C)C[C@H](N)C(=O)N1CCC(OCc2ccccc2)CC1. The zero-order valence-electron chi connectivity index (χ0n) is 13.7. The number of nitrogens with two attached hydrogens (primary N) is 1. The van der Waals surface area contributed by atoms with Crippen molar-refractivity contribution in [2.75, 3.05) is 13.1 Å². The molecule has 0 bridgehead atoms. The van der Waals surface area contributed by atoms with Crippen LogP contribution in [-0.4, -0.2) is 36.0 Å². The van der Waals surface area contributed by atoms with Crippen LogP contribution in [0.25, 0.3) is 0 Å². The number of piperidine rings is 1. The van der Waals surface area contributed by atoms with Crippen molar-refractivity contribution in [3.05, 3.63) is 35.9 Å². The molecule has 0 aromatic heterocycles. The van der Waals surface area contributed by atoms with E-state index in [4.69, 9.17) is 10.5 Å².